The second-order valence-corrected chi connectivity index (χ2v) is 12.7. The molecule has 6 rings (SSSR count). The van der Waals surface area contributed by atoms with Crippen molar-refractivity contribution >= 4 is 0 Å². The van der Waals surface area contributed by atoms with Gasteiger partial charge in [0, 0.05) is 11.8 Å². The van der Waals surface area contributed by atoms with Crippen LogP contribution in [0.5, 0.6) is 34.5 Å². The maximum absolute atomic E-state index is 11.5. The summed E-state index contributed by atoms with van der Waals surface area (Å²) in [5, 5.41) is 72.2. The molecule has 7 N–H and O–H groups in total. The molecule has 15 heteroatoms. The van der Waals surface area contributed by atoms with E-state index in [1.54, 1.807) is 24.3 Å². The van der Waals surface area contributed by atoms with Crippen LogP contribution in [0.3, 0.4) is 0 Å². The van der Waals surface area contributed by atoms with Crippen LogP contribution in [-0.2, 0) is 18.9 Å². The van der Waals surface area contributed by atoms with E-state index in [1.165, 1.54) is 39.5 Å². The van der Waals surface area contributed by atoms with Crippen molar-refractivity contribution < 1.29 is 73.6 Å². The SMILES string of the molecule is COc1cc(C2OCC3C(c4ccc(O[C@@H](CO[C@@H]5O[C@H](CO)[C@@H](O)[C@H](O)[C@H]5O)[C@H](O)c5ccc(O)c(OC)c5)c(OC)c4)OCC23)ccc1O. The average Bonchev–Trinajstić information content (AvgIpc) is 3.76. The molecule has 3 heterocycles. The molecule has 0 aromatic heterocycles. The first-order chi connectivity index (χ1) is 24.6. The van der Waals surface area contributed by atoms with Crippen molar-refractivity contribution in [2.24, 2.45) is 11.8 Å². The normalized spacial score (nSPS) is 30.0. The first kappa shape index (κ1) is 36.9. The minimum Gasteiger partial charge on any atom is -0.504 e. The summed E-state index contributed by atoms with van der Waals surface area (Å²) in [7, 11) is 4.33. The van der Waals surface area contributed by atoms with Gasteiger partial charge in [0.1, 0.15) is 30.5 Å². The third-order valence-electron chi connectivity index (χ3n) is 9.76. The summed E-state index contributed by atoms with van der Waals surface area (Å²) in [4.78, 5) is 0. The van der Waals surface area contributed by atoms with Gasteiger partial charge < -0.3 is 73.6 Å². The van der Waals surface area contributed by atoms with Gasteiger partial charge in [0.05, 0.1) is 60.0 Å². The zero-order valence-electron chi connectivity index (χ0n) is 28.3. The quantitative estimate of drug-likeness (QED) is 0.133. The molecule has 11 atom stereocenters. The zero-order chi connectivity index (χ0) is 36.4. The molecule has 0 aliphatic carbocycles. The number of hydrogen-bond acceptors (Lipinski definition) is 15. The van der Waals surface area contributed by atoms with Crippen molar-refractivity contribution in [3.63, 3.8) is 0 Å². The third-order valence-corrected chi connectivity index (χ3v) is 9.76. The van der Waals surface area contributed by atoms with Crippen molar-refractivity contribution in [3.05, 3.63) is 71.3 Å². The number of aliphatic hydroxyl groups is 5. The van der Waals surface area contributed by atoms with Crippen LogP contribution in [-0.4, -0.2) is 120 Å². The van der Waals surface area contributed by atoms with Gasteiger partial charge in [-0.25, -0.2) is 0 Å². The molecule has 3 fully saturated rings. The van der Waals surface area contributed by atoms with Gasteiger partial charge in [-0.3, -0.25) is 0 Å². The van der Waals surface area contributed by atoms with Gasteiger partial charge in [-0.2, -0.15) is 0 Å². The largest absolute Gasteiger partial charge is 0.504 e. The average molecular weight is 717 g/mol. The first-order valence-corrected chi connectivity index (χ1v) is 16.5. The Hall–Kier alpha value is -3.90. The Kier molecular flexibility index (Phi) is 11.4. The molecule has 0 radical (unpaired) electrons. The van der Waals surface area contributed by atoms with Crippen molar-refractivity contribution in [2.45, 2.75) is 55.1 Å². The van der Waals surface area contributed by atoms with Crippen LogP contribution in [0.15, 0.2) is 54.6 Å². The van der Waals surface area contributed by atoms with Crippen LogP contribution in [0.1, 0.15) is 35.0 Å². The second-order valence-electron chi connectivity index (χ2n) is 12.7. The molecule has 3 aromatic rings. The van der Waals surface area contributed by atoms with E-state index < -0.39 is 56.1 Å². The fraction of sp³-hybridized carbons (Fsp3) is 0.500. The van der Waals surface area contributed by atoms with Gasteiger partial charge in [0.15, 0.2) is 46.9 Å². The summed E-state index contributed by atoms with van der Waals surface area (Å²) in [6.45, 7) is -0.157. The minimum absolute atomic E-state index is 0.0252. The number of benzene rings is 3. The van der Waals surface area contributed by atoms with Crippen molar-refractivity contribution in [1.82, 2.24) is 0 Å². The fourth-order valence-corrected chi connectivity index (χ4v) is 6.90. The Balaban J connectivity index is 1.22. The highest BCUT2D eigenvalue weighted by Crippen LogP contribution is 2.51. The lowest BCUT2D eigenvalue weighted by atomic mass is 9.85. The highest BCUT2D eigenvalue weighted by atomic mass is 16.7. The van der Waals surface area contributed by atoms with Crippen LogP contribution >= 0.6 is 0 Å². The van der Waals surface area contributed by atoms with E-state index in [0.29, 0.717) is 30.3 Å². The molecule has 0 bridgehead atoms. The molecule has 0 saturated carbocycles. The highest BCUT2D eigenvalue weighted by Gasteiger charge is 2.48. The Labute approximate surface area is 294 Å². The van der Waals surface area contributed by atoms with E-state index in [9.17, 15) is 35.7 Å². The van der Waals surface area contributed by atoms with Gasteiger partial charge in [-0.1, -0.05) is 18.2 Å². The van der Waals surface area contributed by atoms with E-state index in [1.807, 2.05) is 12.1 Å². The van der Waals surface area contributed by atoms with E-state index in [4.69, 9.17) is 37.9 Å². The Morgan fingerprint density at radius 2 is 1.27 bits per heavy atom. The number of phenols is 2. The molecule has 51 heavy (non-hydrogen) atoms. The summed E-state index contributed by atoms with van der Waals surface area (Å²) in [5.41, 5.74) is 2.00. The van der Waals surface area contributed by atoms with Crippen LogP contribution in [0.25, 0.3) is 0 Å². The molecule has 3 saturated heterocycles. The minimum atomic E-state index is -1.67. The number of aromatic hydroxyl groups is 2. The Morgan fingerprint density at radius 3 is 1.88 bits per heavy atom. The number of rotatable bonds is 13. The molecule has 3 aromatic carbocycles. The molecule has 3 aliphatic heterocycles. The predicted molar refractivity (Wildman–Crippen MR) is 176 cm³/mol. The summed E-state index contributed by atoms with van der Waals surface area (Å²) in [5.74, 6) is 1.01. The number of aliphatic hydroxyl groups excluding tert-OH is 5. The first-order valence-electron chi connectivity index (χ1n) is 16.5. The smallest absolute Gasteiger partial charge is 0.186 e. The van der Waals surface area contributed by atoms with Crippen LogP contribution in [0, 0.1) is 11.8 Å². The molecule has 278 valence electrons. The van der Waals surface area contributed by atoms with E-state index >= 15 is 0 Å². The lowest BCUT2D eigenvalue weighted by Gasteiger charge is -2.40. The fourth-order valence-electron chi connectivity index (χ4n) is 6.90. The van der Waals surface area contributed by atoms with Gasteiger partial charge in [0.25, 0.3) is 0 Å². The zero-order valence-corrected chi connectivity index (χ0v) is 28.3. The Morgan fingerprint density at radius 1 is 0.706 bits per heavy atom. The third kappa shape index (κ3) is 7.40. The standard InChI is InChI=1S/C36H44O15/c1-44-25-10-17(4-7-22(25)38)30(40)29(16-49-36-33(43)32(42)31(41)28(13-37)51-36)50-24-9-6-19(12-27(24)46-3)35-21-15-47-34(20(21)14-48-35)18-5-8-23(39)26(11-18)45-2/h4-12,20-21,28-43H,13-16H2,1-3H3/t20?,21?,28-,29+,30-,31-,32+,33-,34?,35?,36-/m1/s1. The number of fused-ring (bicyclic) bond motifs is 1. The molecule has 3 aliphatic rings. The summed E-state index contributed by atoms with van der Waals surface area (Å²) in [6.07, 6.45) is -10.7. The van der Waals surface area contributed by atoms with Gasteiger partial charge in [-0.15, -0.1) is 0 Å². The van der Waals surface area contributed by atoms with E-state index in [0.717, 1.165) is 11.1 Å². The summed E-state index contributed by atoms with van der Waals surface area (Å²) in [6, 6.07) is 14.7. The topological polar surface area (TPSA) is 215 Å². The van der Waals surface area contributed by atoms with Crippen molar-refractivity contribution in [1.29, 1.82) is 0 Å². The lowest BCUT2D eigenvalue weighted by molar-refractivity contribution is -0.305. The van der Waals surface area contributed by atoms with Gasteiger partial charge in [-0.05, 0) is 53.1 Å². The lowest BCUT2D eigenvalue weighted by Crippen LogP contribution is -2.59. The summed E-state index contributed by atoms with van der Waals surface area (Å²) < 4.78 is 46.3. The monoisotopic (exact) mass is 716 g/mol. The molecular weight excluding hydrogens is 672 g/mol. The maximum atomic E-state index is 11.5. The van der Waals surface area contributed by atoms with Crippen LogP contribution in [0.2, 0.25) is 0 Å². The maximum Gasteiger partial charge on any atom is 0.186 e. The number of methoxy groups -OCH3 is 3. The predicted octanol–water partition coefficient (Wildman–Crippen LogP) is 1.50. The molecule has 4 unspecified atom stereocenters. The number of hydrogen-bond donors (Lipinski definition) is 7. The molecule has 0 amide bonds. The van der Waals surface area contributed by atoms with E-state index in [2.05, 4.69) is 0 Å². The highest BCUT2D eigenvalue weighted by molar-refractivity contribution is 5.46. The van der Waals surface area contributed by atoms with Gasteiger partial charge >= 0.3 is 0 Å². The second kappa shape index (κ2) is 15.8. The van der Waals surface area contributed by atoms with E-state index in [-0.39, 0.29) is 47.0 Å². The number of ether oxygens (including phenoxy) is 8. The Bertz CT molecular complexity index is 1630. The van der Waals surface area contributed by atoms with Crippen LogP contribution in [0.4, 0.5) is 0 Å². The number of phenolic OH excluding ortho intramolecular Hbond substituents is 2. The summed E-state index contributed by atoms with van der Waals surface area (Å²) >= 11 is 0. The van der Waals surface area contributed by atoms with Crippen LogP contribution < -0.4 is 18.9 Å². The van der Waals surface area contributed by atoms with Crippen molar-refractivity contribution in [2.75, 3.05) is 47.8 Å². The molecule has 15 nitrogen and oxygen atoms in total. The van der Waals surface area contributed by atoms with Crippen molar-refractivity contribution in [3.8, 4) is 34.5 Å². The molecule has 0 spiro atoms. The molecular formula is C36H44O15. The van der Waals surface area contributed by atoms with Gasteiger partial charge in [0.2, 0.25) is 0 Å².